The highest BCUT2D eigenvalue weighted by Crippen LogP contribution is 2.25. The Labute approximate surface area is 155 Å². The molecular formula is C18H19N5O2S. The smallest absolute Gasteiger partial charge is 0.273 e. The van der Waals surface area contributed by atoms with Crippen molar-refractivity contribution in [2.45, 2.75) is 43.6 Å². The molecule has 1 aromatic carbocycles. The minimum absolute atomic E-state index is 0.175. The molecule has 0 spiro atoms. The molecule has 1 amide bonds. The molecule has 0 bridgehead atoms. The van der Waals surface area contributed by atoms with Crippen molar-refractivity contribution in [2.24, 2.45) is 0 Å². The summed E-state index contributed by atoms with van der Waals surface area (Å²) >= 11 is 1.47. The van der Waals surface area contributed by atoms with E-state index in [9.17, 15) is 4.79 Å². The predicted octanol–water partition coefficient (Wildman–Crippen LogP) is 3.06. The van der Waals surface area contributed by atoms with Gasteiger partial charge in [0, 0.05) is 11.7 Å². The van der Waals surface area contributed by atoms with Crippen LogP contribution >= 0.6 is 11.8 Å². The van der Waals surface area contributed by atoms with E-state index in [2.05, 4.69) is 39.6 Å². The number of carbonyl (C=O) groups excluding carboxylic acids is 1. The SMILES string of the molecule is Cc1ccc(-n2c(C)nnc2SCc2nc(C(=O)NC3CC3)co2)cc1. The maximum Gasteiger partial charge on any atom is 0.273 e. The van der Waals surface area contributed by atoms with Gasteiger partial charge in [-0.05, 0) is 38.8 Å². The average molecular weight is 369 g/mol. The van der Waals surface area contributed by atoms with Gasteiger partial charge in [-0.25, -0.2) is 4.98 Å². The fraction of sp³-hybridized carbons (Fsp3) is 0.333. The molecule has 0 atom stereocenters. The first-order valence-electron chi connectivity index (χ1n) is 8.47. The molecule has 2 aromatic heterocycles. The number of rotatable bonds is 6. The van der Waals surface area contributed by atoms with Crippen molar-refractivity contribution in [3.8, 4) is 5.69 Å². The second-order valence-corrected chi connectivity index (χ2v) is 7.31. The van der Waals surface area contributed by atoms with E-state index in [1.807, 2.05) is 23.6 Å². The van der Waals surface area contributed by atoms with Crippen LogP contribution in [-0.4, -0.2) is 31.7 Å². The Bertz CT molecular complexity index is 927. The highest BCUT2D eigenvalue weighted by Gasteiger charge is 2.25. The lowest BCUT2D eigenvalue weighted by atomic mass is 10.2. The molecule has 7 nitrogen and oxygen atoms in total. The minimum Gasteiger partial charge on any atom is -0.447 e. The van der Waals surface area contributed by atoms with Gasteiger partial charge in [0.05, 0.1) is 5.75 Å². The highest BCUT2D eigenvalue weighted by atomic mass is 32.2. The molecule has 1 aliphatic carbocycles. The van der Waals surface area contributed by atoms with Gasteiger partial charge in [-0.3, -0.25) is 9.36 Å². The van der Waals surface area contributed by atoms with E-state index < -0.39 is 0 Å². The van der Waals surface area contributed by atoms with Gasteiger partial charge in [-0.1, -0.05) is 29.5 Å². The van der Waals surface area contributed by atoms with Crippen LogP contribution in [0.1, 0.15) is 40.6 Å². The first-order valence-corrected chi connectivity index (χ1v) is 9.46. The maximum absolute atomic E-state index is 12.0. The number of aromatic nitrogens is 4. The molecule has 0 saturated heterocycles. The summed E-state index contributed by atoms with van der Waals surface area (Å²) in [6.07, 6.45) is 3.49. The second kappa shape index (κ2) is 6.95. The molecule has 0 unspecified atom stereocenters. The summed E-state index contributed by atoms with van der Waals surface area (Å²) in [7, 11) is 0. The molecule has 1 saturated carbocycles. The quantitative estimate of drug-likeness (QED) is 0.672. The summed E-state index contributed by atoms with van der Waals surface area (Å²) in [5.41, 5.74) is 2.53. The third kappa shape index (κ3) is 3.65. The van der Waals surface area contributed by atoms with Gasteiger partial charge in [-0.15, -0.1) is 10.2 Å². The topological polar surface area (TPSA) is 85.8 Å². The number of amides is 1. The lowest BCUT2D eigenvalue weighted by Crippen LogP contribution is -2.25. The Morgan fingerprint density at radius 3 is 2.77 bits per heavy atom. The number of thioether (sulfide) groups is 1. The summed E-state index contributed by atoms with van der Waals surface area (Å²) < 4.78 is 7.42. The van der Waals surface area contributed by atoms with E-state index in [0.717, 1.165) is 29.5 Å². The molecule has 134 valence electrons. The maximum atomic E-state index is 12.0. The summed E-state index contributed by atoms with van der Waals surface area (Å²) in [4.78, 5) is 16.3. The third-order valence-electron chi connectivity index (χ3n) is 4.11. The molecule has 8 heteroatoms. The van der Waals surface area contributed by atoms with Crippen molar-refractivity contribution in [3.63, 3.8) is 0 Å². The van der Waals surface area contributed by atoms with Gasteiger partial charge >= 0.3 is 0 Å². The van der Waals surface area contributed by atoms with Crippen molar-refractivity contribution in [3.05, 3.63) is 53.5 Å². The Hall–Kier alpha value is -2.61. The molecule has 0 aliphatic heterocycles. The standard InChI is InChI=1S/C18H19N5O2S/c1-11-3-7-14(8-4-11)23-12(2)21-22-18(23)26-10-16-20-15(9-25-16)17(24)19-13-5-6-13/h3-4,7-9,13H,5-6,10H2,1-2H3,(H,19,24). The highest BCUT2D eigenvalue weighted by molar-refractivity contribution is 7.98. The number of benzene rings is 1. The monoisotopic (exact) mass is 369 g/mol. The summed E-state index contributed by atoms with van der Waals surface area (Å²) in [6.45, 7) is 3.97. The van der Waals surface area contributed by atoms with Gasteiger partial charge in [0.15, 0.2) is 10.9 Å². The zero-order valence-electron chi connectivity index (χ0n) is 14.6. The molecule has 0 radical (unpaired) electrons. The molecule has 2 heterocycles. The molecule has 4 rings (SSSR count). The Kier molecular flexibility index (Phi) is 4.50. The van der Waals surface area contributed by atoms with Crippen molar-refractivity contribution in [1.82, 2.24) is 25.1 Å². The van der Waals surface area contributed by atoms with Crippen LogP contribution in [0.4, 0.5) is 0 Å². The fourth-order valence-corrected chi connectivity index (χ4v) is 3.37. The summed E-state index contributed by atoms with van der Waals surface area (Å²) in [6, 6.07) is 8.50. The van der Waals surface area contributed by atoms with E-state index in [4.69, 9.17) is 4.42 Å². The van der Waals surface area contributed by atoms with Crippen molar-refractivity contribution in [2.75, 3.05) is 0 Å². The number of nitrogens with one attached hydrogen (secondary N) is 1. The van der Waals surface area contributed by atoms with Crippen LogP contribution in [-0.2, 0) is 5.75 Å². The van der Waals surface area contributed by atoms with Gasteiger partial charge in [0.2, 0.25) is 5.89 Å². The number of aryl methyl sites for hydroxylation is 2. The van der Waals surface area contributed by atoms with Crippen LogP contribution in [0.25, 0.3) is 5.69 Å². The second-order valence-electron chi connectivity index (χ2n) is 6.36. The van der Waals surface area contributed by atoms with Crippen LogP contribution in [0.3, 0.4) is 0 Å². The van der Waals surface area contributed by atoms with Gasteiger partial charge < -0.3 is 9.73 Å². The van der Waals surface area contributed by atoms with Crippen LogP contribution in [0.2, 0.25) is 0 Å². The number of hydrogen-bond acceptors (Lipinski definition) is 6. The van der Waals surface area contributed by atoms with Crippen molar-refractivity contribution >= 4 is 17.7 Å². The van der Waals surface area contributed by atoms with E-state index >= 15 is 0 Å². The largest absolute Gasteiger partial charge is 0.447 e. The lowest BCUT2D eigenvalue weighted by molar-refractivity contribution is 0.0946. The summed E-state index contributed by atoms with van der Waals surface area (Å²) in [5.74, 6) is 1.60. The van der Waals surface area contributed by atoms with Gasteiger partial charge in [0.1, 0.15) is 12.1 Å². The zero-order chi connectivity index (χ0) is 18.1. The normalized spacial score (nSPS) is 13.8. The Morgan fingerprint density at radius 2 is 2.04 bits per heavy atom. The summed E-state index contributed by atoms with van der Waals surface area (Å²) in [5, 5.41) is 12.1. The molecule has 26 heavy (non-hydrogen) atoms. The van der Waals surface area contributed by atoms with Crippen LogP contribution < -0.4 is 5.32 Å². The van der Waals surface area contributed by atoms with E-state index in [1.165, 1.54) is 23.6 Å². The van der Waals surface area contributed by atoms with Crippen LogP contribution in [0.15, 0.2) is 40.1 Å². The van der Waals surface area contributed by atoms with E-state index in [-0.39, 0.29) is 5.91 Å². The predicted molar refractivity (Wildman–Crippen MR) is 97.4 cm³/mol. The number of hydrogen-bond donors (Lipinski definition) is 1. The first-order chi connectivity index (χ1) is 12.6. The fourth-order valence-electron chi connectivity index (χ4n) is 2.52. The van der Waals surface area contributed by atoms with E-state index in [1.54, 1.807) is 0 Å². The van der Waals surface area contributed by atoms with E-state index in [0.29, 0.717) is 23.4 Å². The molecule has 1 N–H and O–H groups in total. The Morgan fingerprint density at radius 1 is 1.27 bits per heavy atom. The molecular weight excluding hydrogens is 350 g/mol. The molecule has 1 fully saturated rings. The number of oxazole rings is 1. The lowest BCUT2D eigenvalue weighted by Gasteiger charge is -2.08. The Balaban J connectivity index is 1.46. The molecule has 3 aromatic rings. The number of carbonyl (C=O) groups is 1. The average Bonchev–Trinajstić information content (AvgIpc) is 3.18. The van der Waals surface area contributed by atoms with Gasteiger partial charge in [0.25, 0.3) is 5.91 Å². The van der Waals surface area contributed by atoms with Crippen LogP contribution in [0.5, 0.6) is 0 Å². The van der Waals surface area contributed by atoms with Gasteiger partial charge in [-0.2, -0.15) is 0 Å². The van der Waals surface area contributed by atoms with Crippen molar-refractivity contribution in [1.29, 1.82) is 0 Å². The molecule has 1 aliphatic rings. The van der Waals surface area contributed by atoms with Crippen LogP contribution in [0, 0.1) is 13.8 Å². The van der Waals surface area contributed by atoms with Crippen molar-refractivity contribution < 1.29 is 9.21 Å². The number of nitrogens with zero attached hydrogens (tertiary/aromatic N) is 4. The zero-order valence-corrected chi connectivity index (χ0v) is 15.4. The minimum atomic E-state index is -0.175. The third-order valence-corrected chi connectivity index (χ3v) is 5.02. The first kappa shape index (κ1) is 16.8.